The van der Waals surface area contributed by atoms with Crippen molar-refractivity contribution in [1.82, 2.24) is 0 Å². The van der Waals surface area contributed by atoms with Gasteiger partial charge in [-0.2, -0.15) is 0 Å². The number of hydrogen-bond donors (Lipinski definition) is 0. The van der Waals surface area contributed by atoms with Crippen molar-refractivity contribution in [3.05, 3.63) is 71.3 Å². The first-order valence-corrected chi connectivity index (χ1v) is 5.89. The van der Waals surface area contributed by atoms with Gasteiger partial charge in [0, 0.05) is 18.4 Å². The highest BCUT2D eigenvalue weighted by atomic mass is 16.1. The summed E-state index contributed by atoms with van der Waals surface area (Å²) in [4.78, 5) is 11.9. The molecule has 0 aliphatic heterocycles. The van der Waals surface area contributed by atoms with E-state index in [2.05, 4.69) is 5.92 Å². The number of benzene rings is 2. The van der Waals surface area contributed by atoms with Gasteiger partial charge in [-0.25, -0.2) is 0 Å². The molecule has 0 atom stereocenters. The second-order valence-corrected chi connectivity index (χ2v) is 4.22. The van der Waals surface area contributed by atoms with Gasteiger partial charge in [0.25, 0.3) is 0 Å². The second kappa shape index (κ2) is 5.84. The normalized spacial score (nSPS) is 9.72. The molecule has 0 aliphatic carbocycles. The van der Waals surface area contributed by atoms with Crippen LogP contribution in [-0.4, -0.2) is 5.78 Å². The fourth-order valence-electron chi connectivity index (χ4n) is 1.83. The Kier molecular flexibility index (Phi) is 3.94. The van der Waals surface area contributed by atoms with E-state index in [1.807, 2.05) is 54.6 Å². The summed E-state index contributed by atoms with van der Waals surface area (Å²) in [6.45, 7) is 0. The molecule has 18 heavy (non-hydrogen) atoms. The summed E-state index contributed by atoms with van der Waals surface area (Å²) in [5, 5.41) is 0. The minimum absolute atomic E-state index is 0.217. The summed E-state index contributed by atoms with van der Waals surface area (Å²) in [5.74, 6) is 2.78. The molecular formula is C17H14O. The van der Waals surface area contributed by atoms with E-state index >= 15 is 0 Å². The molecule has 0 aromatic heterocycles. The van der Waals surface area contributed by atoms with Gasteiger partial charge in [0.1, 0.15) is 5.78 Å². The maximum Gasteiger partial charge on any atom is 0.141 e. The lowest BCUT2D eigenvalue weighted by Crippen LogP contribution is -2.06. The molecule has 1 heteroatoms. The molecule has 0 aliphatic rings. The van der Waals surface area contributed by atoms with Crippen LogP contribution in [0.1, 0.15) is 16.7 Å². The Hall–Kier alpha value is -2.33. The predicted molar refractivity (Wildman–Crippen MR) is 73.2 cm³/mol. The number of rotatable bonds is 4. The zero-order valence-corrected chi connectivity index (χ0v) is 10.1. The lowest BCUT2D eigenvalue weighted by Gasteiger charge is -2.02. The van der Waals surface area contributed by atoms with Gasteiger partial charge < -0.3 is 0 Å². The lowest BCUT2D eigenvalue weighted by atomic mass is 10.0. The van der Waals surface area contributed by atoms with Gasteiger partial charge >= 0.3 is 0 Å². The predicted octanol–water partition coefficient (Wildman–Crippen LogP) is 3.02. The summed E-state index contributed by atoms with van der Waals surface area (Å²) >= 11 is 0. The quantitative estimate of drug-likeness (QED) is 0.743. The average molecular weight is 234 g/mol. The minimum Gasteiger partial charge on any atom is -0.299 e. The van der Waals surface area contributed by atoms with Crippen LogP contribution in [0.15, 0.2) is 54.6 Å². The topological polar surface area (TPSA) is 17.1 Å². The number of Topliss-reactive ketones (excluding diaryl/α,β-unsaturated/α-hetero) is 1. The van der Waals surface area contributed by atoms with E-state index in [0.717, 1.165) is 16.7 Å². The highest BCUT2D eigenvalue weighted by molar-refractivity contribution is 5.83. The van der Waals surface area contributed by atoms with Crippen LogP contribution < -0.4 is 0 Å². The zero-order valence-electron chi connectivity index (χ0n) is 10.1. The van der Waals surface area contributed by atoms with Crippen molar-refractivity contribution in [2.45, 2.75) is 12.8 Å². The van der Waals surface area contributed by atoms with Crippen LogP contribution in [0.2, 0.25) is 0 Å². The van der Waals surface area contributed by atoms with E-state index < -0.39 is 0 Å². The molecular weight excluding hydrogens is 220 g/mol. The monoisotopic (exact) mass is 234 g/mol. The highest BCUT2D eigenvalue weighted by Crippen LogP contribution is 2.07. The molecule has 0 unspecified atom stereocenters. The summed E-state index contributed by atoms with van der Waals surface area (Å²) in [7, 11) is 0. The third kappa shape index (κ3) is 3.33. The number of carbonyl (C=O) groups is 1. The molecule has 0 saturated carbocycles. The molecule has 2 aromatic carbocycles. The molecule has 0 bridgehead atoms. The van der Waals surface area contributed by atoms with Gasteiger partial charge in [0.2, 0.25) is 0 Å². The van der Waals surface area contributed by atoms with Gasteiger partial charge in [-0.15, -0.1) is 6.42 Å². The largest absolute Gasteiger partial charge is 0.299 e. The lowest BCUT2D eigenvalue weighted by molar-refractivity contribution is -0.117. The van der Waals surface area contributed by atoms with E-state index in [1.54, 1.807) is 0 Å². The van der Waals surface area contributed by atoms with Crippen molar-refractivity contribution in [1.29, 1.82) is 0 Å². The third-order valence-electron chi connectivity index (χ3n) is 2.77. The first-order valence-electron chi connectivity index (χ1n) is 5.89. The van der Waals surface area contributed by atoms with Crippen molar-refractivity contribution in [3.63, 3.8) is 0 Å². The maximum absolute atomic E-state index is 11.9. The van der Waals surface area contributed by atoms with Gasteiger partial charge in [0.05, 0.1) is 0 Å². The Labute approximate surface area is 107 Å². The van der Waals surface area contributed by atoms with E-state index in [1.165, 1.54) is 0 Å². The van der Waals surface area contributed by atoms with E-state index in [4.69, 9.17) is 6.42 Å². The van der Waals surface area contributed by atoms with E-state index in [-0.39, 0.29) is 5.78 Å². The molecule has 0 radical (unpaired) electrons. The van der Waals surface area contributed by atoms with E-state index in [0.29, 0.717) is 12.8 Å². The van der Waals surface area contributed by atoms with Gasteiger partial charge in [-0.05, 0) is 23.3 Å². The van der Waals surface area contributed by atoms with Crippen LogP contribution in [-0.2, 0) is 17.6 Å². The standard InChI is InChI=1S/C17H14O/c1-2-14-8-10-16(11-9-14)13-17(18)12-15-6-4-3-5-7-15/h1,3-11H,12-13H2. The highest BCUT2D eigenvalue weighted by Gasteiger charge is 2.04. The molecule has 0 fully saturated rings. The summed E-state index contributed by atoms with van der Waals surface area (Å²) < 4.78 is 0. The number of terminal acetylenes is 1. The van der Waals surface area contributed by atoms with Crippen LogP contribution in [0.5, 0.6) is 0 Å². The van der Waals surface area contributed by atoms with Crippen LogP contribution in [0.3, 0.4) is 0 Å². The second-order valence-electron chi connectivity index (χ2n) is 4.22. The first-order chi connectivity index (χ1) is 8.78. The van der Waals surface area contributed by atoms with Crippen molar-refractivity contribution in [2.24, 2.45) is 0 Å². The molecule has 88 valence electrons. The Bertz CT molecular complexity index is 559. The summed E-state index contributed by atoms with van der Waals surface area (Å²) in [5.41, 5.74) is 2.91. The Balaban J connectivity index is 1.97. The molecule has 2 aromatic rings. The van der Waals surface area contributed by atoms with Gasteiger partial charge in [-0.3, -0.25) is 4.79 Å². The third-order valence-corrected chi connectivity index (χ3v) is 2.77. The number of hydrogen-bond acceptors (Lipinski definition) is 1. The smallest absolute Gasteiger partial charge is 0.141 e. The van der Waals surface area contributed by atoms with Crippen LogP contribution >= 0.6 is 0 Å². The molecule has 1 nitrogen and oxygen atoms in total. The molecule has 0 saturated heterocycles. The average Bonchev–Trinajstić information content (AvgIpc) is 2.40. The minimum atomic E-state index is 0.217. The van der Waals surface area contributed by atoms with Crippen LogP contribution in [0, 0.1) is 12.3 Å². The molecule has 2 rings (SSSR count). The number of ketones is 1. The van der Waals surface area contributed by atoms with Crippen molar-refractivity contribution >= 4 is 5.78 Å². The van der Waals surface area contributed by atoms with Crippen LogP contribution in [0.25, 0.3) is 0 Å². The molecule has 0 amide bonds. The zero-order chi connectivity index (χ0) is 12.8. The number of carbonyl (C=O) groups excluding carboxylic acids is 1. The molecule has 0 N–H and O–H groups in total. The van der Waals surface area contributed by atoms with E-state index in [9.17, 15) is 4.79 Å². The Morgan fingerprint density at radius 3 is 2.00 bits per heavy atom. The SMILES string of the molecule is C#Cc1ccc(CC(=O)Cc2ccccc2)cc1. The van der Waals surface area contributed by atoms with Crippen LogP contribution in [0.4, 0.5) is 0 Å². The Morgan fingerprint density at radius 1 is 0.889 bits per heavy atom. The van der Waals surface area contributed by atoms with Crippen molar-refractivity contribution in [3.8, 4) is 12.3 Å². The molecule has 0 spiro atoms. The summed E-state index contributed by atoms with van der Waals surface area (Å²) in [6.07, 6.45) is 6.23. The van der Waals surface area contributed by atoms with Gasteiger partial charge in [-0.1, -0.05) is 48.4 Å². The van der Waals surface area contributed by atoms with Crippen molar-refractivity contribution < 1.29 is 4.79 Å². The van der Waals surface area contributed by atoms with Crippen molar-refractivity contribution in [2.75, 3.05) is 0 Å². The summed E-state index contributed by atoms with van der Waals surface area (Å²) in [6, 6.07) is 17.4. The maximum atomic E-state index is 11.9. The first kappa shape index (κ1) is 12.1. The molecule has 0 heterocycles. The fourth-order valence-corrected chi connectivity index (χ4v) is 1.83. The van der Waals surface area contributed by atoms with Gasteiger partial charge in [0.15, 0.2) is 0 Å². The fraction of sp³-hybridized carbons (Fsp3) is 0.118. The Morgan fingerprint density at radius 2 is 1.44 bits per heavy atom.